The van der Waals surface area contributed by atoms with E-state index in [1.807, 2.05) is 0 Å². The predicted octanol–water partition coefficient (Wildman–Crippen LogP) is 3.71. The third-order valence-corrected chi connectivity index (χ3v) is 9.50. The molecule has 19 heteroatoms. The molecule has 2 aromatic heterocycles. The number of hydrogen-bond acceptors (Lipinski definition) is 12. The van der Waals surface area contributed by atoms with E-state index in [1.54, 1.807) is 7.05 Å². The Morgan fingerprint density at radius 3 is 1.61 bits per heavy atom. The molecule has 0 unspecified atom stereocenters. The molecule has 0 saturated carbocycles. The van der Waals surface area contributed by atoms with Crippen LogP contribution < -0.4 is 11.5 Å². The van der Waals surface area contributed by atoms with Crippen LogP contribution in [0.5, 0.6) is 0 Å². The number of nitrogen functional groups attached to an aromatic ring is 2. The number of nitrogens with two attached hydrogens (primary N) is 2. The normalized spacial score (nSPS) is 18.1. The Balaban J connectivity index is 0.000000220. The molecule has 2 aliphatic rings. The number of esters is 2. The third kappa shape index (κ3) is 9.95. The second kappa shape index (κ2) is 18.4. The van der Waals surface area contributed by atoms with Gasteiger partial charge in [-0.1, -0.05) is 17.8 Å². The van der Waals surface area contributed by atoms with Crippen molar-refractivity contribution in [1.29, 1.82) is 0 Å². The summed E-state index contributed by atoms with van der Waals surface area (Å²) in [4.78, 5) is 56.9. The van der Waals surface area contributed by atoms with Gasteiger partial charge >= 0.3 is 11.9 Å². The lowest BCUT2D eigenvalue weighted by Gasteiger charge is -2.13. The summed E-state index contributed by atoms with van der Waals surface area (Å²) in [6.45, 7) is 0.854. The number of aromatic nitrogens is 2. The number of amides is 2. The highest BCUT2D eigenvalue weighted by Gasteiger charge is 2.43. The van der Waals surface area contributed by atoms with Crippen molar-refractivity contribution in [3.05, 3.63) is 93.2 Å². The number of halogens is 5. The Bertz CT molecular complexity index is 2460. The highest BCUT2D eigenvalue weighted by molar-refractivity contribution is 9.10. The Labute approximate surface area is 343 Å². The van der Waals surface area contributed by atoms with Crippen molar-refractivity contribution in [2.75, 3.05) is 52.9 Å². The van der Waals surface area contributed by atoms with E-state index < -0.39 is 52.3 Å². The fraction of sp³-hybridized carbons (Fsp3) is 0.250. The Kier molecular flexibility index (Phi) is 14.1. The zero-order chi connectivity index (χ0) is 44.0. The van der Waals surface area contributed by atoms with E-state index in [9.17, 15) is 47.0 Å². The van der Waals surface area contributed by atoms with Gasteiger partial charge in [0.05, 0.1) is 47.0 Å². The number of likely N-dealkylation sites (N-methyl/N-ethyl adjacent to an activating group) is 2. The molecule has 4 heterocycles. The first-order valence-electron chi connectivity index (χ1n) is 17.0. The highest BCUT2D eigenvalue weighted by atomic mass is 79.9. The minimum atomic E-state index is -1.92. The Hall–Kier alpha value is -6.54. The van der Waals surface area contributed by atoms with Gasteiger partial charge in [0, 0.05) is 63.3 Å². The van der Waals surface area contributed by atoms with Crippen LogP contribution in [-0.4, -0.2) is 106 Å². The minimum Gasteiger partial charge on any atom is -0.464 e. The average Bonchev–Trinajstić information content (AvgIpc) is 3.63. The Morgan fingerprint density at radius 2 is 1.20 bits per heavy atom. The van der Waals surface area contributed by atoms with Crippen molar-refractivity contribution >= 4 is 51.1 Å². The molecular weight excluding hydrogens is 848 g/mol. The van der Waals surface area contributed by atoms with Crippen molar-refractivity contribution < 1.29 is 56.4 Å². The molecule has 0 aliphatic carbocycles. The van der Waals surface area contributed by atoms with Crippen LogP contribution in [0.3, 0.4) is 0 Å². The lowest BCUT2D eigenvalue weighted by molar-refractivity contribution is -0.138. The van der Waals surface area contributed by atoms with Gasteiger partial charge in [0.2, 0.25) is 11.2 Å². The fourth-order valence-corrected chi connectivity index (χ4v) is 5.79. The van der Waals surface area contributed by atoms with E-state index >= 15 is 0 Å². The number of likely N-dealkylation sites (tertiary alicyclic amines) is 2. The number of benzene rings is 2. The monoisotopic (exact) mass is 882 g/mol. The number of terminal acetylenes is 1. The quantitative estimate of drug-likeness (QED) is 0.100. The standard InChI is InChI=1S/C20H17F2N3O4.C13H9BrF2N2O2.C7H9NO2/c1-25-8-7-20(28,19(25)27)6-5-11-9-12(14(22)10-13(11)21)16-4-3-15(23)17(24-16)18(26)29-2;1-20-13(19)12-10(17)2-3-11(18-12)6-4-7(14)9(16)5-8(6)15;1-3-7(10)4-5-8(2)6(7)9/h3-4,9-10,28H,7-8,23H2,1-2H3;2-5H,17H2,1H3;1,10H,4-5H2,2H3/t20-;;7-/m0.0/s1. The molecule has 2 aromatic carbocycles. The van der Waals surface area contributed by atoms with Gasteiger partial charge in [-0.15, -0.1) is 6.42 Å². The van der Waals surface area contributed by atoms with Crippen molar-refractivity contribution in [1.82, 2.24) is 19.8 Å². The molecule has 2 aliphatic heterocycles. The van der Waals surface area contributed by atoms with Crippen molar-refractivity contribution in [3.63, 3.8) is 0 Å². The first-order valence-corrected chi connectivity index (χ1v) is 17.8. The van der Waals surface area contributed by atoms with E-state index in [-0.39, 0.29) is 67.6 Å². The van der Waals surface area contributed by atoms with E-state index in [4.69, 9.17) is 17.9 Å². The molecule has 2 atom stereocenters. The van der Waals surface area contributed by atoms with Gasteiger partial charge in [-0.05, 0) is 52.3 Å². The maximum absolute atomic E-state index is 14.4. The summed E-state index contributed by atoms with van der Waals surface area (Å²) in [5, 5.41) is 19.7. The number of ether oxygens (including phenoxy) is 2. The highest BCUT2D eigenvalue weighted by Crippen LogP contribution is 2.30. The van der Waals surface area contributed by atoms with Crippen molar-refractivity contribution in [2.24, 2.45) is 0 Å². The van der Waals surface area contributed by atoms with E-state index in [0.717, 1.165) is 19.2 Å². The zero-order valence-corrected chi connectivity index (χ0v) is 33.3. The van der Waals surface area contributed by atoms with Gasteiger partial charge < -0.3 is 41.0 Å². The molecule has 2 amide bonds. The topological polar surface area (TPSA) is 212 Å². The van der Waals surface area contributed by atoms with Crippen LogP contribution in [0.1, 0.15) is 39.4 Å². The number of aliphatic hydroxyl groups is 2. The number of rotatable bonds is 4. The molecule has 6 rings (SSSR count). The van der Waals surface area contributed by atoms with Crippen LogP contribution in [-0.2, 0) is 19.1 Å². The number of anilines is 2. The van der Waals surface area contributed by atoms with E-state index in [2.05, 4.69) is 53.1 Å². The molecule has 308 valence electrons. The number of carbonyl (C=O) groups excluding carboxylic acids is 4. The largest absolute Gasteiger partial charge is 0.464 e. The summed E-state index contributed by atoms with van der Waals surface area (Å²) in [5.41, 5.74) is 7.50. The molecule has 14 nitrogen and oxygen atoms in total. The zero-order valence-electron chi connectivity index (χ0n) is 31.7. The van der Waals surface area contributed by atoms with E-state index in [1.165, 1.54) is 54.3 Å². The van der Waals surface area contributed by atoms with Crippen LogP contribution in [0.2, 0.25) is 0 Å². The summed E-state index contributed by atoms with van der Waals surface area (Å²) < 4.78 is 64.8. The molecule has 2 fully saturated rings. The summed E-state index contributed by atoms with van der Waals surface area (Å²) in [6, 6.07) is 9.22. The first kappa shape index (κ1) is 45.2. The summed E-state index contributed by atoms with van der Waals surface area (Å²) in [7, 11) is 5.47. The molecule has 2 saturated heterocycles. The number of carbonyl (C=O) groups is 4. The van der Waals surface area contributed by atoms with Crippen LogP contribution in [0, 0.1) is 47.5 Å². The number of pyridine rings is 2. The maximum atomic E-state index is 14.4. The van der Waals surface area contributed by atoms with Gasteiger partial charge in [-0.2, -0.15) is 0 Å². The fourth-order valence-electron chi connectivity index (χ4n) is 5.45. The third-order valence-electron chi connectivity index (χ3n) is 8.89. The molecule has 0 radical (unpaired) electrons. The van der Waals surface area contributed by atoms with Crippen LogP contribution in [0.4, 0.5) is 28.9 Å². The molecular formula is C40H35BrF4N6O8. The second-order valence-corrected chi connectivity index (χ2v) is 13.7. The summed E-state index contributed by atoms with van der Waals surface area (Å²) in [5.74, 6) is 0.961. The lowest BCUT2D eigenvalue weighted by Crippen LogP contribution is -2.37. The number of hydrogen-bond donors (Lipinski definition) is 4. The predicted molar refractivity (Wildman–Crippen MR) is 209 cm³/mol. The lowest BCUT2D eigenvalue weighted by atomic mass is 10.0. The van der Waals surface area contributed by atoms with E-state index in [0.29, 0.717) is 25.6 Å². The maximum Gasteiger partial charge on any atom is 0.358 e. The molecule has 4 aromatic rings. The average molecular weight is 884 g/mol. The SMILES string of the molecule is C#C[C@]1(O)CCN(C)C1=O.COC(=O)c1nc(-c2cc(Br)c(F)cc2F)ccc1N.COC(=O)c1nc(-c2cc(C#C[C@]3(O)CCN(C)C3=O)c(F)cc2F)ccc1N. The molecule has 0 spiro atoms. The second-order valence-electron chi connectivity index (χ2n) is 12.9. The number of nitrogens with zero attached hydrogens (tertiary/aromatic N) is 4. The van der Waals surface area contributed by atoms with Crippen molar-refractivity contribution in [3.8, 4) is 46.7 Å². The van der Waals surface area contributed by atoms with Crippen LogP contribution in [0.15, 0.2) is 53.0 Å². The molecule has 0 bridgehead atoms. The van der Waals surface area contributed by atoms with Crippen LogP contribution >= 0.6 is 15.9 Å². The van der Waals surface area contributed by atoms with Gasteiger partial charge in [0.1, 0.15) is 23.3 Å². The molecule has 59 heavy (non-hydrogen) atoms. The van der Waals surface area contributed by atoms with Gasteiger partial charge in [-0.3, -0.25) is 9.59 Å². The van der Waals surface area contributed by atoms with Crippen LogP contribution in [0.25, 0.3) is 22.5 Å². The summed E-state index contributed by atoms with van der Waals surface area (Å²) in [6.07, 6.45) is 5.40. The van der Waals surface area contributed by atoms with Gasteiger partial charge in [0.25, 0.3) is 11.8 Å². The summed E-state index contributed by atoms with van der Waals surface area (Å²) >= 11 is 2.97. The van der Waals surface area contributed by atoms with Gasteiger partial charge in [-0.25, -0.2) is 37.1 Å². The molecule has 6 N–H and O–H groups in total. The Morgan fingerprint density at radius 1 is 0.763 bits per heavy atom. The minimum absolute atomic E-state index is 0.00976. The number of methoxy groups -OCH3 is 2. The first-order chi connectivity index (χ1) is 27.7. The smallest absolute Gasteiger partial charge is 0.358 e. The van der Waals surface area contributed by atoms with Gasteiger partial charge in [0.15, 0.2) is 11.4 Å². The van der Waals surface area contributed by atoms with Crippen molar-refractivity contribution in [2.45, 2.75) is 24.0 Å².